The van der Waals surface area contributed by atoms with Crippen molar-refractivity contribution >= 4 is 18.3 Å². The summed E-state index contributed by atoms with van der Waals surface area (Å²) in [4.78, 5) is 15.5. The third-order valence-corrected chi connectivity index (χ3v) is 3.10. The molecule has 6 nitrogen and oxygen atoms in total. The lowest BCUT2D eigenvalue weighted by Gasteiger charge is -2.12. The Morgan fingerprint density at radius 1 is 1.50 bits per heavy atom. The maximum Gasteiger partial charge on any atom is 0.220 e. The molecule has 0 spiro atoms. The van der Waals surface area contributed by atoms with Crippen molar-refractivity contribution in [3.05, 3.63) is 12.7 Å². The number of halogens is 1. The van der Waals surface area contributed by atoms with Gasteiger partial charge in [-0.15, -0.1) is 12.4 Å². The number of hydrogen-bond acceptors (Lipinski definition) is 4. The number of rotatable bonds is 5. The van der Waals surface area contributed by atoms with Crippen LogP contribution in [0, 0.1) is 0 Å². The molecule has 0 aliphatic heterocycles. The highest BCUT2D eigenvalue weighted by atomic mass is 35.5. The normalized spacial score (nSPS) is 22.5. The minimum atomic E-state index is 0. The third kappa shape index (κ3) is 4.62. The van der Waals surface area contributed by atoms with Crippen LogP contribution in [0.4, 0.5) is 0 Å². The van der Waals surface area contributed by atoms with Gasteiger partial charge in [0.1, 0.15) is 12.7 Å². The second-order valence-electron chi connectivity index (χ2n) is 4.60. The number of nitrogens with one attached hydrogen (secondary N) is 1. The maximum atomic E-state index is 11.6. The summed E-state index contributed by atoms with van der Waals surface area (Å²) in [6, 6.07) is 0.541. The Balaban J connectivity index is 0.00000162. The molecular formula is C11H20ClN5O. The van der Waals surface area contributed by atoms with Gasteiger partial charge in [-0.1, -0.05) is 0 Å². The van der Waals surface area contributed by atoms with Gasteiger partial charge >= 0.3 is 0 Å². The average molecular weight is 274 g/mol. The van der Waals surface area contributed by atoms with E-state index in [-0.39, 0.29) is 30.4 Å². The summed E-state index contributed by atoms with van der Waals surface area (Å²) in [5.74, 6) is 0.115. The number of amides is 1. The van der Waals surface area contributed by atoms with E-state index in [0.717, 1.165) is 32.2 Å². The van der Waals surface area contributed by atoms with Gasteiger partial charge in [0, 0.05) is 25.0 Å². The quantitative estimate of drug-likeness (QED) is 0.817. The van der Waals surface area contributed by atoms with Crippen molar-refractivity contribution in [1.29, 1.82) is 0 Å². The summed E-state index contributed by atoms with van der Waals surface area (Å²) in [6.45, 7) is 0.734. The van der Waals surface area contributed by atoms with E-state index >= 15 is 0 Å². The third-order valence-electron chi connectivity index (χ3n) is 3.10. The van der Waals surface area contributed by atoms with Crippen LogP contribution >= 0.6 is 12.4 Å². The van der Waals surface area contributed by atoms with Crippen molar-refractivity contribution in [2.24, 2.45) is 5.73 Å². The SMILES string of the molecule is Cl.N[C@@H]1CC[C@@H](NC(=O)CCCn2cncn2)C1. The van der Waals surface area contributed by atoms with E-state index in [4.69, 9.17) is 5.73 Å². The van der Waals surface area contributed by atoms with Crippen molar-refractivity contribution in [2.45, 2.75) is 50.7 Å². The number of nitrogens with zero attached hydrogens (tertiary/aromatic N) is 3. The smallest absolute Gasteiger partial charge is 0.220 e. The molecule has 1 aliphatic carbocycles. The van der Waals surface area contributed by atoms with Crippen molar-refractivity contribution in [2.75, 3.05) is 0 Å². The Bertz CT molecular complexity index is 356. The lowest BCUT2D eigenvalue weighted by Crippen LogP contribution is -2.34. The molecule has 2 rings (SSSR count). The molecule has 0 unspecified atom stereocenters. The fourth-order valence-electron chi connectivity index (χ4n) is 2.20. The Morgan fingerprint density at radius 2 is 2.33 bits per heavy atom. The molecule has 0 aromatic carbocycles. The minimum absolute atomic E-state index is 0. The van der Waals surface area contributed by atoms with Gasteiger partial charge in [-0.2, -0.15) is 5.10 Å². The first-order valence-electron chi connectivity index (χ1n) is 6.11. The Labute approximate surface area is 113 Å². The lowest BCUT2D eigenvalue weighted by atomic mass is 10.2. The minimum Gasteiger partial charge on any atom is -0.353 e. The van der Waals surface area contributed by atoms with Gasteiger partial charge in [0.05, 0.1) is 0 Å². The van der Waals surface area contributed by atoms with Gasteiger partial charge in [0.25, 0.3) is 0 Å². The predicted molar refractivity (Wildman–Crippen MR) is 70.3 cm³/mol. The molecule has 1 aliphatic rings. The van der Waals surface area contributed by atoms with Gasteiger partial charge in [0.15, 0.2) is 0 Å². The highest BCUT2D eigenvalue weighted by Crippen LogP contribution is 2.17. The highest BCUT2D eigenvalue weighted by molar-refractivity contribution is 5.85. The molecule has 0 saturated heterocycles. The Morgan fingerprint density at radius 3 is 2.94 bits per heavy atom. The largest absolute Gasteiger partial charge is 0.353 e. The standard InChI is InChI=1S/C11H19N5O.ClH/c12-9-3-4-10(6-9)15-11(17)2-1-5-16-8-13-7-14-16;/h7-10H,1-6,12H2,(H,15,17);1H/t9-,10-;/m1./s1. The number of aromatic nitrogens is 3. The zero-order chi connectivity index (χ0) is 12.1. The number of carbonyl (C=O) groups is 1. The van der Waals surface area contributed by atoms with Crippen LogP contribution in [0.2, 0.25) is 0 Å². The van der Waals surface area contributed by atoms with Gasteiger partial charge in [-0.3, -0.25) is 9.48 Å². The zero-order valence-corrected chi connectivity index (χ0v) is 11.1. The van der Waals surface area contributed by atoms with Gasteiger partial charge in [-0.25, -0.2) is 4.98 Å². The molecule has 1 amide bonds. The molecule has 1 aromatic heterocycles. The summed E-state index contributed by atoms with van der Waals surface area (Å²) >= 11 is 0. The Hall–Kier alpha value is -1.14. The van der Waals surface area contributed by atoms with Gasteiger partial charge < -0.3 is 11.1 Å². The van der Waals surface area contributed by atoms with E-state index < -0.39 is 0 Å². The summed E-state index contributed by atoms with van der Waals surface area (Å²) in [5.41, 5.74) is 5.80. The molecule has 7 heteroatoms. The topological polar surface area (TPSA) is 85.8 Å². The summed E-state index contributed by atoms with van der Waals surface area (Å²) < 4.78 is 1.73. The molecule has 1 aromatic rings. The van der Waals surface area contributed by atoms with Crippen LogP contribution in [-0.4, -0.2) is 32.8 Å². The number of hydrogen-bond donors (Lipinski definition) is 2. The van der Waals surface area contributed by atoms with Crippen LogP contribution in [-0.2, 0) is 11.3 Å². The van der Waals surface area contributed by atoms with Crippen molar-refractivity contribution in [3.63, 3.8) is 0 Å². The van der Waals surface area contributed by atoms with E-state index in [9.17, 15) is 4.79 Å². The number of nitrogens with two attached hydrogens (primary N) is 1. The average Bonchev–Trinajstić information content (AvgIpc) is 2.90. The molecule has 0 bridgehead atoms. The molecule has 18 heavy (non-hydrogen) atoms. The lowest BCUT2D eigenvalue weighted by molar-refractivity contribution is -0.121. The molecule has 0 radical (unpaired) electrons. The van der Waals surface area contributed by atoms with E-state index in [0.29, 0.717) is 6.42 Å². The zero-order valence-electron chi connectivity index (χ0n) is 10.3. The van der Waals surface area contributed by atoms with Crippen LogP contribution in [0.3, 0.4) is 0 Å². The van der Waals surface area contributed by atoms with Crippen LogP contribution in [0.1, 0.15) is 32.1 Å². The van der Waals surface area contributed by atoms with Crippen LogP contribution in [0.5, 0.6) is 0 Å². The second kappa shape index (κ2) is 7.33. The van der Waals surface area contributed by atoms with Crippen molar-refractivity contribution in [3.8, 4) is 0 Å². The number of carbonyl (C=O) groups excluding carboxylic acids is 1. The first kappa shape index (κ1) is 14.9. The van der Waals surface area contributed by atoms with E-state index in [1.807, 2.05) is 0 Å². The highest BCUT2D eigenvalue weighted by Gasteiger charge is 2.22. The first-order chi connectivity index (χ1) is 8.24. The van der Waals surface area contributed by atoms with Gasteiger partial charge in [-0.05, 0) is 25.7 Å². The maximum absolute atomic E-state index is 11.6. The summed E-state index contributed by atoms with van der Waals surface area (Å²) in [6.07, 6.45) is 7.42. The fourth-order valence-corrected chi connectivity index (χ4v) is 2.20. The van der Waals surface area contributed by atoms with Crippen LogP contribution < -0.4 is 11.1 Å². The molecule has 2 atom stereocenters. The van der Waals surface area contributed by atoms with Gasteiger partial charge in [0.2, 0.25) is 5.91 Å². The van der Waals surface area contributed by atoms with Crippen molar-refractivity contribution < 1.29 is 4.79 Å². The summed E-state index contributed by atoms with van der Waals surface area (Å²) in [5, 5.41) is 7.01. The molecule has 1 fully saturated rings. The van der Waals surface area contributed by atoms with E-state index in [1.54, 1.807) is 11.0 Å². The van der Waals surface area contributed by atoms with E-state index in [2.05, 4.69) is 15.4 Å². The molecule has 1 saturated carbocycles. The van der Waals surface area contributed by atoms with E-state index in [1.165, 1.54) is 6.33 Å². The predicted octanol–water partition coefficient (Wildman–Crippen LogP) is 0.476. The fraction of sp³-hybridized carbons (Fsp3) is 0.727. The number of aryl methyl sites for hydroxylation is 1. The van der Waals surface area contributed by atoms with Crippen molar-refractivity contribution in [1.82, 2.24) is 20.1 Å². The first-order valence-corrected chi connectivity index (χ1v) is 6.11. The molecule has 3 N–H and O–H groups in total. The van der Waals surface area contributed by atoms with Crippen LogP contribution in [0.15, 0.2) is 12.7 Å². The Kier molecular flexibility index (Phi) is 6.07. The van der Waals surface area contributed by atoms with Crippen LogP contribution in [0.25, 0.3) is 0 Å². The molecule has 1 heterocycles. The monoisotopic (exact) mass is 273 g/mol. The second-order valence-corrected chi connectivity index (χ2v) is 4.60. The molecule has 102 valence electrons. The summed E-state index contributed by atoms with van der Waals surface area (Å²) in [7, 11) is 0. The molecular weight excluding hydrogens is 254 g/mol.